The molecule has 0 aliphatic carbocycles. The molecule has 0 spiro atoms. The molecule has 1 aliphatic rings. The van der Waals surface area contributed by atoms with Crippen LogP contribution >= 0.6 is 0 Å². The van der Waals surface area contributed by atoms with Crippen LogP contribution in [0.15, 0.2) is 0 Å². The van der Waals surface area contributed by atoms with Gasteiger partial charge in [-0.25, -0.2) is 0 Å². The van der Waals surface area contributed by atoms with Crippen molar-refractivity contribution in [2.24, 2.45) is 0 Å². The van der Waals surface area contributed by atoms with Crippen LogP contribution in [0.5, 0.6) is 0 Å². The van der Waals surface area contributed by atoms with Gasteiger partial charge in [-0.15, -0.1) is 0 Å². The van der Waals surface area contributed by atoms with E-state index < -0.39 is 11.5 Å². The Balaban J connectivity index is 2.74. The van der Waals surface area contributed by atoms with Gasteiger partial charge < -0.3 is 9.84 Å². The summed E-state index contributed by atoms with van der Waals surface area (Å²) in [4.78, 5) is 13.0. The maximum absolute atomic E-state index is 11.0. The Morgan fingerprint density at radius 2 is 2.07 bits per heavy atom. The van der Waals surface area contributed by atoms with Crippen LogP contribution < -0.4 is 0 Å². The summed E-state index contributed by atoms with van der Waals surface area (Å²) in [5.41, 5.74) is -1.05. The number of carboxylic acids is 1. The predicted molar refractivity (Wildman–Crippen MR) is 53.3 cm³/mol. The summed E-state index contributed by atoms with van der Waals surface area (Å²) in [7, 11) is 0. The Labute approximate surface area is 84.8 Å². The minimum atomic E-state index is -0.805. The van der Waals surface area contributed by atoms with Crippen molar-refractivity contribution in [3.63, 3.8) is 0 Å². The van der Waals surface area contributed by atoms with Gasteiger partial charge in [-0.2, -0.15) is 0 Å². The van der Waals surface area contributed by atoms with Crippen molar-refractivity contribution in [3.05, 3.63) is 0 Å². The number of carboxylic acid groups (broad SMARTS) is 1. The van der Waals surface area contributed by atoms with Crippen LogP contribution in [0.2, 0.25) is 0 Å². The normalized spacial score (nSPS) is 23.4. The largest absolute Gasteiger partial charge is 0.480 e. The number of nitrogens with zero attached hydrogens (tertiary/aromatic N) is 1. The summed E-state index contributed by atoms with van der Waals surface area (Å²) < 4.78 is 5.54. The predicted octanol–water partition coefficient (Wildman–Crippen LogP) is 0.960. The topological polar surface area (TPSA) is 49.8 Å². The first-order valence-corrected chi connectivity index (χ1v) is 4.88. The van der Waals surface area contributed by atoms with E-state index in [1.807, 2.05) is 18.7 Å². The van der Waals surface area contributed by atoms with Crippen LogP contribution in [0.4, 0.5) is 0 Å². The summed E-state index contributed by atoms with van der Waals surface area (Å²) in [5, 5.41) is 9.08. The van der Waals surface area contributed by atoms with Crippen molar-refractivity contribution in [3.8, 4) is 0 Å². The molecule has 1 N–H and O–H groups in total. The summed E-state index contributed by atoms with van der Waals surface area (Å²) in [6, 6.07) is 0. The molecule has 0 atom stereocenters. The minimum absolute atomic E-state index is 0.245. The molecular weight excluding hydrogens is 182 g/mol. The number of morpholine rings is 1. The fourth-order valence-electron chi connectivity index (χ4n) is 1.63. The number of hydrogen-bond acceptors (Lipinski definition) is 3. The fraction of sp³-hybridized carbons (Fsp3) is 0.900. The van der Waals surface area contributed by atoms with Crippen molar-refractivity contribution < 1.29 is 14.6 Å². The highest BCUT2D eigenvalue weighted by Gasteiger charge is 2.40. The van der Waals surface area contributed by atoms with E-state index in [1.165, 1.54) is 0 Å². The van der Waals surface area contributed by atoms with Gasteiger partial charge in [0.1, 0.15) is 5.54 Å². The van der Waals surface area contributed by atoms with E-state index in [-0.39, 0.29) is 5.60 Å². The molecule has 0 bridgehead atoms. The first kappa shape index (κ1) is 11.5. The minimum Gasteiger partial charge on any atom is -0.480 e. The standard InChI is InChI=1S/C10H19NO3/c1-9(2)7-11(5-6-14-9)10(3,4)8(12)13/h5-7H2,1-4H3,(H,12,13). The molecule has 4 nitrogen and oxygen atoms in total. The van der Waals surface area contributed by atoms with Gasteiger partial charge in [-0.3, -0.25) is 9.69 Å². The lowest BCUT2D eigenvalue weighted by molar-refractivity contribution is -0.160. The van der Waals surface area contributed by atoms with Crippen molar-refractivity contribution in [2.45, 2.75) is 38.8 Å². The third kappa shape index (κ3) is 2.25. The van der Waals surface area contributed by atoms with E-state index >= 15 is 0 Å². The van der Waals surface area contributed by atoms with Crippen LogP contribution in [-0.2, 0) is 9.53 Å². The summed E-state index contributed by atoms with van der Waals surface area (Å²) >= 11 is 0. The Bertz CT molecular complexity index is 236. The number of aliphatic carboxylic acids is 1. The van der Waals surface area contributed by atoms with Crippen LogP contribution in [-0.4, -0.2) is 46.8 Å². The average molecular weight is 201 g/mol. The quantitative estimate of drug-likeness (QED) is 0.723. The van der Waals surface area contributed by atoms with Crippen LogP contribution in [0.1, 0.15) is 27.7 Å². The molecule has 4 heteroatoms. The van der Waals surface area contributed by atoms with E-state index in [0.717, 1.165) is 0 Å². The van der Waals surface area contributed by atoms with Gasteiger partial charge >= 0.3 is 5.97 Å². The molecule has 0 radical (unpaired) electrons. The van der Waals surface area contributed by atoms with Crippen molar-refractivity contribution in [2.75, 3.05) is 19.7 Å². The molecule has 0 amide bonds. The highest BCUT2D eigenvalue weighted by molar-refractivity contribution is 5.77. The van der Waals surface area contributed by atoms with E-state index in [2.05, 4.69) is 0 Å². The maximum atomic E-state index is 11.0. The van der Waals surface area contributed by atoms with Crippen molar-refractivity contribution >= 4 is 5.97 Å². The van der Waals surface area contributed by atoms with Crippen LogP contribution in [0.3, 0.4) is 0 Å². The third-order valence-corrected chi connectivity index (χ3v) is 2.74. The zero-order chi connectivity index (χ0) is 11.0. The second kappa shape index (κ2) is 3.51. The fourth-order valence-corrected chi connectivity index (χ4v) is 1.63. The SMILES string of the molecule is CC1(C)CN(C(C)(C)C(=O)O)CCO1. The molecule has 82 valence electrons. The van der Waals surface area contributed by atoms with Gasteiger partial charge in [0.25, 0.3) is 0 Å². The number of ether oxygens (including phenoxy) is 1. The summed E-state index contributed by atoms with van der Waals surface area (Å²) in [6.45, 7) is 9.38. The second-order valence-electron chi connectivity index (χ2n) is 4.89. The molecule has 0 unspecified atom stereocenters. The average Bonchev–Trinajstić information content (AvgIpc) is 2.02. The van der Waals surface area contributed by atoms with Crippen LogP contribution in [0, 0.1) is 0 Å². The Hall–Kier alpha value is -0.610. The van der Waals surface area contributed by atoms with Gasteiger partial charge in [0.2, 0.25) is 0 Å². The molecule has 0 aromatic rings. The molecule has 1 fully saturated rings. The first-order chi connectivity index (χ1) is 6.26. The third-order valence-electron chi connectivity index (χ3n) is 2.74. The zero-order valence-electron chi connectivity index (χ0n) is 9.33. The highest BCUT2D eigenvalue weighted by Crippen LogP contribution is 2.23. The first-order valence-electron chi connectivity index (χ1n) is 4.88. The Morgan fingerprint density at radius 3 is 2.50 bits per heavy atom. The lowest BCUT2D eigenvalue weighted by atomic mass is 9.98. The Morgan fingerprint density at radius 1 is 1.50 bits per heavy atom. The van der Waals surface area contributed by atoms with E-state index in [1.54, 1.807) is 13.8 Å². The van der Waals surface area contributed by atoms with Gasteiger partial charge in [0, 0.05) is 13.1 Å². The second-order valence-corrected chi connectivity index (χ2v) is 4.89. The maximum Gasteiger partial charge on any atom is 0.323 e. The van der Waals surface area contributed by atoms with Gasteiger partial charge in [-0.05, 0) is 27.7 Å². The number of hydrogen-bond donors (Lipinski definition) is 1. The summed E-state index contributed by atoms with van der Waals surface area (Å²) in [6.07, 6.45) is 0. The molecule has 1 aliphatic heterocycles. The van der Waals surface area contributed by atoms with Crippen LogP contribution in [0.25, 0.3) is 0 Å². The highest BCUT2D eigenvalue weighted by atomic mass is 16.5. The van der Waals surface area contributed by atoms with E-state index in [4.69, 9.17) is 9.84 Å². The van der Waals surface area contributed by atoms with Crippen molar-refractivity contribution in [1.29, 1.82) is 0 Å². The van der Waals surface area contributed by atoms with Gasteiger partial charge in [0.05, 0.1) is 12.2 Å². The lowest BCUT2D eigenvalue weighted by Crippen LogP contribution is -2.59. The number of carbonyl (C=O) groups is 1. The molecule has 0 aromatic carbocycles. The van der Waals surface area contributed by atoms with Crippen molar-refractivity contribution in [1.82, 2.24) is 4.90 Å². The Kier molecular flexibility index (Phi) is 2.88. The molecule has 14 heavy (non-hydrogen) atoms. The monoisotopic (exact) mass is 201 g/mol. The molecule has 1 heterocycles. The smallest absolute Gasteiger partial charge is 0.323 e. The zero-order valence-corrected chi connectivity index (χ0v) is 9.33. The molecular formula is C10H19NO3. The number of rotatable bonds is 2. The van der Waals surface area contributed by atoms with E-state index in [9.17, 15) is 4.79 Å². The summed E-state index contributed by atoms with van der Waals surface area (Å²) in [5.74, 6) is -0.782. The molecule has 1 saturated heterocycles. The van der Waals surface area contributed by atoms with E-state index in [0.29, 0.717) is 19.7 Å². The molecule has 1 rings (SSSR count). The molecule has 0 saturated carbocycles. The lowest BCUT2D eigenvalue weighted by Gasteiger charge is -2.44. The molecule has 0 aromatic heterocycles. The van der Waals surface area contributed by atoms with Gasteiger partial charge in [0.15, 0.2) is 0 Å². The van der Waals surface area contributed by atoms with Gasteiger partial charge in [-0.1, -0.05) is 0 Å².